The third kappa shape index (κ3) is 2.21. The molecule has 0 aromatic carbocycles. The molecule has 2 N–H and O–H groups in total. The van der Waals surface area contributed by atoms with Gasteiger partial charge in [0.1, 0.15) is 5.92 Å². The van der Waals surface area contributed by atoms with Gasteiger partial charge in [0, 0.05) is 6.07 Å². The lowest BCUT2D eigenvalue weighted by atomic mass is 9.76. The summed E-state index contributed by atoms with van der Waals surface area (Å²) in [5.74, 6) is -2.71. The maximum absolute atomic E-state index is 12.5. The summed E-state index contributed by atoms with van der Waals surface area (Å²) in [4.78, 5) is 23.9. The number of aliphatic carboxylic acids is 1. The van der Waals surface area contributed by atoms with Crippen LogP contribution in [0.4, 0.5) is 5.82 Å². The van der Waals surface area contributed by atoms with Gasteiger partial charge < -0.3 is 19.9 Å². The fourth-order valence-electron chi connectivity index (χ4n) is 2.98. The molecule has 4 unspecified atom stereocenters. The number of nitrogens with zero attached hydrogens (tertiary/aromatic N) is 2. The van der Waals surface area contributed by atoms with Gasteiger partial charge in [0.2, 0.25) is 11.8 Å². The highest BCUT2D eigenvalue weighted by molar-refractivity contribution is 5.96. The van der Waals surface area contributed by atoms with Crippen molar-refractivity contribution in [3.63, 3.8) is 0 Å². The fraction of sp³-hybridized carbons (Fsp3) is 0.429. The maximum atomic E-state index is 12.5. The summed E-state index contributed by atoms with van der Waals surface area (Å²) in [5, 5.41) is 19.5. The molecule has 8 nitrogen and oxygen atoms in total. The van der Waals surface area contributed by atoms with Crippen LogP contribution in [0.1, 0.15) is 6.92 Å². The number of rotatable bonds is 4. The molecule has 1 aromatic heterocycles. The second-order valence-corrected chi connectivity index (χ2v) is 5.42. The highest BCUT2D eigenvalue weighted by Crippen LogP contribution is 2.47. The molecule has 3 rings (SSSR count). The lowest BCUT2D eigenvalue weighted by Crippen LogP contribution is -2.44. The fourth-order valence-corrected chi connectivity index (χ4v) is 2.98. The first-order valence-corrected chi connectivity index (χ1v) is 6.73. The van der Waals surface area contributed by atoms with E-state index < -0.39 is 35.4 Å². The molecule has 1 fully saturated rings. The normalized spacial score (nSPS) is 32.0. The first-order valence-electron chi connectivity index (χ1n) is 6.73. The Hall–Kier alpha value is -2.48. The van der Waals surface area contributed by atoms with E-state index in [1.54, 1.807) is 25.1 Å². The van der Waals surface area contributed by atoms with Gasteiger partial charge in [0.05, 0.1) is 24.7 Å². The maximum Gasteiger partial charge on any atom is 0.310 e. The number of nitrogens with one attached hydrogen (secondary N) is 1. The highest BCUT2D eigenvalue weighted by atomic mass is 16.5. The average Bonchev–Trinajstić information content (AvgIpc) is 3.01. The van der Waals surface area contributed by atoms with E-state index >= 15 is 0 Å². The Kier molecular flexibility index (Phi) is 3.32. The topological polar surface area (TPSA) is 111 Å². The Morgan fingerprint density at radius 1 is 1.41 bits per heavy atom. The van der Waals surface area contributed by atoms with Crippen LogP contribution in [0.25, 0.3) is 0 Å². The third-order valence-electron chi connectivity index (χ3n) is 4.01. The summed E-state index contributed by atoms with van der Waals surface area (Å²) in [7, 11) is 1.46. The minimum absolute atomic E-state index is 0.227. The van der Waals surface area contributed by atoms with Crippen molar-refractivity contribution in [1.29, 1.82) is 0 Å². The molecule has 3 heterocycles. The second kappa shape index (κ2) is 5.06. The van der Waals surface area contributed by atoms with Crippen LogP contribution in [0.3, 0.4) is 0 Å². The number of aromatic nitrogens is 2. The van der Waals surface area contributed by atoms with Crippen LogP contribution >= 0.6 is 0 Å². The van der Waals surface area contributed by atoms with Gasteiger partial charge in [-0.2, -0.15) is 0 Å². The number of hydrogen-bond acceptors (Lipinski definition) is 6. The highest BCUT2D eigenvalue weighted by Gasteiger charge is 2.59. The molecule has 0 saturated carbocycles. The van der Waals surface area contributed by atoms with E-state index in [-0.39, 0.29) is 5.82 Å². The Morgan fingerprint density at radius 3 is 2.77 bits per heavy atom. The van der Waals surface area contributed by atoms with Crippen LogP contribution in [0, 0.1) is 11.8 Å². The van der Waals surface area contributed by atoms with E-state index in [9.17, 15) is 14.7 Å². The number of carbonyl (C=O) groups excluding carboxylic acids is 1. The van der Waals surface area contributed by atoms with Gasteiger partial charge in [0.25, 0.3) is 0 Å². The number of carboxylic acid groups (broad SMARTS) is 1. The van der Waals surface area contributed by atoms with Crippen LogP contribution < -0.4 is 10.1 Å². The Bertz CT molecular complexity index is 644. The smallest absolute Gasteiger partial charge is 0.310 e. The molecule has 4 atom stereocenters. The number of carbonyl (C=O) groups is 2. The van der Waals surface area contributed by atoms with Gasteiger partial charge >= 0.3 is 5.97 Å². The number of amides is 1. The summed E-state index contributed by atoms with van der Waals surface area (Å²) < 4.78 is 10.5. The number of fused-ring (bicyclic) bond motifs is 2. The molecule has 22 heavy (non-hydrogen) atoms. The summed E-state index contributed by atoms with van der Waals surface area (Å²) in [6.07, 6.45) is 2.84. The monoisotopic (exact) mass is 305 g/mol. The molecule has 2 aliphatic rings. The van der Waals surface area contributed by atoms with Crippen molar-refractivity contribution < 1.29 is 24.2 Å². The van der Waals surface area contributed by atoms with E-state index in [1.807, 2.05) is 0 Å². The van der Waals surface area contributed by atoms with Crippen molar-refractivity contribution >= 4 is 17.7 Å². The molecule has 0 radical (unpaired) electrons. The quantitative estimate of drug-likeness (QED) is 0.778. The molecule has 2 aliphatic heterocycles. The predicted octanol–water partition coefficient (Wildman–Crippen LogP) is 0.468. The van der Waals surface area contributed by atoms with Crippen molar-refractivity contribution in [2.24, 2.45) is 11.8 Å². The van der Waals surface area contributed by atoms with E-state index in [4.69, 9.17) is 9.47 Å². The van der Waals surface area contributed by atoms with Crippen molar-refractivity contribution in [3.05, 3.63) is 24.3 Å². The standard InChI is InChI=1S/C14H15N3O5/c1-14-6-5-7(22-14)10(13(19)20)11(14)12(18)15-8-3-4-9(21-2)17-16-8/h3-7,10-11H,1-2H3,(H,19,20)(H,15,16,18). The van der Waals surface area contributed by atoms with Crippen molar-refractivity contribution in [2.45, 2.75) is 18.6 Å². The Labute approximate surface area is 126 Å². The largest absolute Gasteiger partial charge is 0.481 e. The van der Waals surface area contributed by atoms with Crippen LogP contribution in [0.2, 0.25) is 0 Å². The third-order valence-corrected chi connectivity index (χ3v) is 4.01. The van der Waals surface area contributed by atoms with Crippen molar-refractivity contribution in [1.82, 2.24) is 10.2 Å². The van der Waals surface area contributed by atoms with Gasteiger partial charge in [-0.25, -0.2) is 0 Å². The zero-order chi connectivity index (χ0) is 15.9. The van der Waals surface area contributed by atoms with Gasteiger partial charge in [0.15, 0.2) is 5.82 Å². The van der Waals surface area contributed by atoms with Crippen LogP contribution in [0.5, 0.6) is 5.88 Å². The second-order valence-electron chi connectivity index (χ2n) is 5.42. The minimum atomic E-state index is -1.06. The molecule has 0 aliphatic carbocycles. The molecule has 1 amide bonds. The molecular formula is C14H15N3O5. The van der Waals surface area contributed by atoms with E-state index in [2.05, 4.69) is 15.5 Å². The first kappa shape index (κ1) is 14.5. The number of methoxy groups -OCH3 is 1. The van der Waals surface area contributed by atoms with Gasteiger partial charge in [-0.3, -0.25) is 9.59 Å². The van der Waals surface area contributed by atoms with Gasteiger partial charge in [-0.15, -0.1) is 10.2 Å². The van der Waals surface area contributed by atoms with Crippen molar-refractivity contribution in [2.75, 3.05) is 12.4 Å². The summed E-state index contributed by atoms with van der Waals surface area (Å²) >= 11 is 0. The zero-order valence-corrected chi connectivity index (χ0v) is 12.0. The number of carboxylic acids is 1. The summed E-state index contributed by atoms with van der Waals surface area (Å²) in [6.45, 7) is 1.70. The van der Waals surface area contributed by atoms with Crippen LogP contribution in [0.15, 0.2) is 24.3 Å². The van der Waals surface area contributed by atoms with Gasteiger partial charge in [-0.1, -0.05) is 12.2 Å². The molecule has 116 valence electrons. The van der Waals surface area contributed by atoms with Crippen LogP contribution in [-0.2, 0) is 14.3 Å². The molecule has 0 spiro atoms. The number of anilines is 1. The SMILES string of the molecule is COc1ccc(NC(=O)C2C(C(=O)O)C3C=CC2(C)O3)nn1. The zero-order valence-electron chi connectivity index (χ0n) is 12.0. The molecule has 1 aromatic rings. The first-order chi connectivity index (χ1) is 10.4. The Morgan fingerprint density at radius 2 is 2.18 bits per heavy atom. The van der Waals surface area contributed by atoms with E-state index in [0.717, 1.165) is 0 Å². The number of hydrogen-bond donors (Lipinski definition) is 2. The summed E-state index contributed by atoms with van der Waals surface area (Å²) in [5.41, 5.74) is -0.919. The Balaban J connectivity index is 1.81. The van der Waals surface area contributed by atoms with Crippen LogP contribution in [-0.4, -0.2) is 46.0 Å². The van der Waals surface area contributed by atoms with E-state index in [1.165, 1.54) is 13.2 Å². The van der Waals surface area contributed by atoms with E-state index in [0.29, 0.717) is 5.88 Å². The van der Waals surface area contributed by atoms with Gasteiger partial charge in [-0.05, 0) is 13.0 Å². The number of ether oxygens (including phenoxy) is 2. The predicted molar refractivity (Wildman–Crippen MR) is 74.2 cm³/mol. The molecule has 1 saturated heterocycles. The average molecular weight is 305 g/mol. The molecular weight excluding hydrogens is 290 g/mol. The van der Waals surface area contributed by atoms with Crippen molar-refractivity contribution in [3.8, 4) is 5.88 Å². The lowest BCUT2D eigenvalue weighted by molar-refractivity contribution is -0.146. The summed E-state index contributed by atoms with van der Waals surface area (Å²) in [6, 6.07) is 3.09. The lowest BCUT2D eigenvalue weighted by Gasteiger charge is -2.27. The minimum Gasteiger partial charge on any atom is -0.481 e. The molecule has 8 heteroatoms. The molecule has 2 bridgehead atoms.